The molecule has 0 aliphatic carbocycles. The predicted molar refractivity (Wildman–Crippen MR) is 109 cm³/mol. The molecule has 2 N–H and O–H groups in total. The Balaban J connectivity index is 1.63. The zero-order chi connectivity index (χ0) is 19.5. The third kappa shape index (κ3) is 5.57. The first-order valence-corrected chi connectivity index (χ1v) is 9.59. The SMILES string of the molecule is CC1(C)CC(NC(=O)c2cccc(OCc3ccccc3)c2)CC(C)(C)N1. The number of rotatable bonds is 5. The second-order valence-corrected chi connectivity index (χ2v) is 8.77. The molecule has 0 bridgehead atoms. The normalized spacial score (nSPS) is 18.7. The van der Waals surface area contributed by atoms with Crippen molar-refractivity contribution < 1.29 is 9.53 Å². The van der Waals surface area contributed by atoms with Gasteiger partial charge in [-0.3, -0.25) is 4.79 Å². The summed E-state index contributed by atoms with van der Waals surface area (Å²) in [5, 5.41) is 6.86. The molecule has 2 aromatic rings. The Hall–Kier alpha value is -2.33. The Morgan fingerprint density at radius 3 is 2.37 bits per heavy atom. The Labute approximate surface area is 162 Å². The molecule has 1 saturated heterocycles. The lowest BCUT2D eigenvalue weighted by atomic mass is 9.79. The van der Waals surface area contributed by atoms with Crippen LogP contribution in [0.15, 0.2) is 54.6 Å². The van der Waals surface area contributed by atoms with E-state index in [2.05, 4.69) is 38.3 Å². The molecule has 27 heavy (non-hydrogen) atoms. The third-order valence-electron chi connectivity index (χ3n) is 4.87. The molecule has 0 spiro atoms. The molecule has 1 aliphatic rings. The van der Waals surface area contributed by atoms with Gasteiger partial charge >= 0.3 is 0 Å². The lowest BCUT2D eigenvalue weighted by Crippen LogP contribution is -2.62. The van der Waals surface area contributed by atoms with Crippen LogP contribution in [0.5, 0.6) is 5.75 Å². The van der Waals surface area contributed by atoms with Crippen molar-refractivity contribution in [3.8, 4) is 5.75 Å². The number of hydrogen-bond acceptors (Lipinski definition) is 3. The van der Waals surface area contributed by atoms with Gasteiger partial charge in [-0.2, -0.15) is 0 Å². The monoisotopic (exact) mass is 366 g/mol. The zero-order valence-electron chi connectivity index (χ0n) is 16.7. The molecule has 4 nitrogen and oxygen atoms in total. The summed E-state index contributed by atoms with van der Waals surface area (Å²) in [5.41, 5.74) is 1.74. The van der Waals surface area contributed by atoms with Gasteiger partial charge in [0, 0.05) is 22.7 Å². The smallest absolute Gasteiger partial charge is 0.251 e. The number of benzene rings is 2. The van der Waals surface area contributed by atoms with Crippen molar-refractivity contribution in [3.05, 3.63) is 65.7 Å². The first-order valence-electron chi connectivity index (χ1n) is 9.59. The van der Waals surface area contributed by atoms with Gasteiger partial charge in [0.1, 0.15) is 12.4 Å². The topological polar surface area (TPSA) is 50.4 Å². The van der Waals surface area contributed by atoms with Crippen LogP contribution in [0.1, 0.15) is 56.5 Å². The molecule has 0 radical (unpaired) electrons. The Kier molecular flexibility index (Phi) is 5.56. The molecule has 0 saturated carbocycles. The van der Waals surface area contributed by atoms with Gasteiger partial charge < -0.3 is 15.4 Å². The maximum Gasteiger partial charge on any atom is 0.251 e. The molecular weight excluding hydrogens is 336 g/mol. The van der Waals surface area contributed by atoms with Gasteiger partial charge in [-0.05, 0) is 64.3 Å². The molecule has 0 atom stereocenters. The fraction of sp³-hybridized carbons (Fsp3) is 0.435. The molecule has 1 heterocycles. The third-order valence-corrected chi connectivity index (χ3v) is 4.87. The number of carbonyl (C=O) groups is 1. The van der Waals surface area contributed by atoms with Crippen molar-refractivity contribution in [1.29, 1.82) is 0 Å². The summed E-state index contributed by atoms with van der Waals surface area (Å²) in [4.78, 5) is 12.8. The first kappa shape index (κ1) is 19.4. The van der Waals surface area contributed by atoms with E-state index in [9.17, 15) is 4.79 Å². The maximum absolute atomic E-state index is 12.8. The van der Waals surface area contributed by atoms with Gasteiger partial charge in [0.15, 0.2) is 0 Å². The van der Waals surface area contributed by atoms with Crippen molar-refractivity contribution in [2.24, 2.45) is 0 Å². The van der Waals surface area contributed by atoms with Crippen molar-refractivity contribution in [1.82, 2.24) is 10.6 Å². The molecule has 0 unspecified atom stereocenters. The van der Waals surface area contributed by atoms with Gasteiger partial charge in [0.2, 0.25) is 0 Å². The van der Waals surface area contributed by atoms with Gasteiger partial charge in [0.05, 0.1) is 0 Å². The zero-order valence-corrected chi connectivity index (χ0v) is 16.7. The number of hydrogen-bond donors (Lipinski definition) is 2. The molecule has 1 amide bonds. The van der Waals surface area contributed by atoms with E-state index in [0.717, 1.165) is 18.4 Å². The molecule has 4 heteroatoms. The molecule has 0 aromatic heterocycles. The van der Waals surface area contributed by atoms with E-state index >= 15 is 0 Å². The van der Waals surface area contributed by atoms with E-state index < -0.39 is 0 Å². The minimum atomic E-state index is -0.0429. The second kappa shape index (κ2) is 7.73. The van der Waals surface area contributed by atoms with E-state index in [1.807, 2.05) is 54.6 Å². The molecule has 3 rings (SSSR count). The minimum absolute atomic E-state index is 0.000337. The van der Waals surface area contributed by atoms with E-state index in [-0.39, 0.29) is 23.0 Å². The van der Waals surface area contributed by atoms with Gasteiger partial charge in [-0.25, -0.2) is 0 Å². The van der Waals surface area contributed by atoms with E-state index in [1.54, 1.807) is 0 Å². The van der Waals surface area contributed by atoms with Crippen LogP contribution in [0.4, 0.5) is 0 Å². The summed E-state index contributed by atoms with van der Waals surface area (Å²) in [6.07, 6.45) is 1.82. The fourth-order valence-electron chi connectivity index (χ4n) is 4.16. The average molecular weight is 367 g/mol. The quantitative estimate of drug-likeness (QED) is 0.829. The minimum Gasteiger partial charge on any atom is -0.489 e. The maximum atomic E-state index is 12.8. The number of nitrogens with one attached hydrogen (secondary N) is 2. The van der Waals surface area contributed by atoms with Crippen molar-refractivity contribution in [2.75, 3.05) is 0 Å². The van der Waals surface area contributed by atoms with Crippen LogP contribution in [-0.2, 0) is 6.61 Å². The van der Waals surface area contributed by atoms with Crippen LogP contribution in [0, 0.1) is 0 Å². The lowest BCUT2D eigenvalue weighted by Gasteiger charge is -2.46. The highest BCUT2D eigenvalue weighted by molar-refractivity contribution is 5.94. The highest BCUT2D eigenvalue weighted by Crippen LogP contribution is 2.28. The van der Waals surface area contributed by atoms with Crippen LogP contribution in [0.3, 0.4) is 0 Å². The molecular formula is C23H30N2O2. The van der Waals surface area contributed by atoms with Crippen molar-refractivity contribution in [3.63, 3.8) is 0 Å². The van der Waals surface area contributed by atoms with Crippen LogP contribution in [-0.4, -0.2) is 23.0 Å². The second-order valence-electron chi connectivity index (χ2n) is 8.77. The highest BCUT2D eigenvalue weighted by atomic mass is 16.5. The van der Waals surface area contributed by atoms with Gasteiger partial charge in [-0.1, -0.05) is 36.4 Å². The van der Waals surface area contributed by atoms with Gasteiger partial charge in [0.25, 0.3) is 5.91 Å². The summed E-state index contributed by atoms with van der Waals surface area (Å²) in [5.74, 6) is 0.663. The van der Waals surface area contributed by atoms with Gasteiger partial charge in [-0.15, -0.1) is 0 Å². The summed E-state index contributed by atoms with van der Waals surface area (Å²) < 4.78 is 5.85. The van der Waals surface area contributed by atoms with Crippen molar-refractivity contribution >= 4 is 5.91 Å². The first-order chi connectivity index (χ1) is 12.7. The number of amides is 1. The number of ether oxygens (including phenoxy) is 1. The summed E-state index contributed by atoms with van der Waals surface area (Å²) in [7, 11) is 0. The van der Waals surface area contributed by atoms with Crippen molar-refractivity contribution in [2.45, 2.75) is 64.3 Å². The number of carbonyl (C=O) groups excluding carboxylic acids is 1. The highest BCUT2D eigenvalue weighted by Gasteiger charge is 2.38. The van der Waals surface area contributed by atoms with E-state index in [4.69, 9.17) is 4.74 Å². The molecule has 1 fully saturated rings. The molecule has 2 aromatic carbocycles. The van der Waals surface area contributed by atoms with Crippen LogP contribution < -0.4 is 15.4 Å². The summed E-state index contributed by atoms with van der Waals surface area (Å²) in [6, 6.07) is 17.6. The summed E-state index contributed by atoms with van der Waals surface area (Å²) >= 11 is 0. The lowest BCUT2D eigenvalue weighted by molar-refractivity contribution is 0.0872. The van der Waals surface area contributed by atoms with Crippen LogP contribution in [0.25, 0.3) is 0 Å². The molecule has 144 valence electrons. The number of piperidine rings is 1. The van der Waals surface area contributed by atoms with E-state index in [1.165, 1.54) is 0 Å². The van der Waals surface area contributed by atoms with E-state index in [0.29, 0.717) is 17.9 Å². The Morgan fingerprint density at radius 2 is 1.70 bits per heavy atom. The Bertz CT molecular complexity index is 768. The van der Waals surface area contributed by atoms with Crippen LogP contribution in [0.2, 0.25) is 0 Å². The Morgan fingerprint density at radius 1 is 1.04 bits per heavy atom. The summed E-state index contributed by atoms with van der Waals surface area (Å²) in [6.45, 7) is 9.23. The van der Waals surface area contributed by atoms with Crippen LogP contribution >= 0.6 is 0 Å². The fourth-order valence-corrected chi connectivity index (χ4v) is 4.16. The predicted octanol–water partition coefficient (Wildman–Crippen LogP) is 4.30. The largest absolute Gasteiger partial charge is 0.489 e. The standard InChI is InChI=1S/C23H30N2O2/c1-22(2)14-19(15-23(3,4)25-22)24-21(26)18-11-8-12-20(13-18)27-16-17-9-6-5-7-10-17/h5-13,19,25H,14-16H2,1-4H3,(H,24,26). The average Bonchev–Trinajstić information content (AvgIpc) is 2.58. The molecule has 1 aliphatic heterocycles.